The lowest BCUT2D eigenvalue weighted by atomic mass is 10.0. The zero-order valence-corrected chi connectivity index (χ0v) is 18.6. The first kappa shape index (κ1) is 26.2. The minimum Gasteiger partial charge on any atom is -0.489 e. The van der Waals surface area contributed by atoms with Gasteiger partial charge in [0.05, 0.1) is 0 Å². The third kappa shape index (κ3) is 8.42. The van der Waals surface area contributed by atoms with Crippen LogP contribution >= 0.6 is 0 Å². The van der Waals surface area contributed by atoms with Gasteiger partial charge in [0.1, 0.15) is 11.9 Å². The van der Waals surface area contributed by atoms with E-state index in [0.29, 0.717) is 6.42 Å². The lowest BCUT2D eigenvalue weighted by Crippen LogP contribution is -2.32. The number of fused-ring (bicyclic) bond motifs is 1. The van der Waals surface area contributed by atoms with Crippen molar-refractivity contribution < 1.29 is 37.7 Å². The Morgan fingerprint density at radius 3 is 2.42 bits per heavy atom. The maximum atomic E-state index is 10.8. The number of aryl methyl sites for hydroxylation is 2. The highest BCUT2D eigenvalue weighted by atomic mass is 19.4. The summed E-state index contributed by atoms with van der Waals surface area (Å²) in [5.41, 5.74) is 4.83. The molecule has 9 heteroatoms. The number of aliphatic carboxylic acids is 2. The molecule has 0 amide bonds. The number of carboxylic acid groups (broad SMARTS) is 2. The molecule has 1 heterocycles. The van der Waals surface area contributed by atoms with Gasteiger partial charge in [-0.05, 0) is 42.5 Å². The monoisotopic (exact) mass is 467 g/mol. The van der Waals surface area contributed by atoms with Gasteiger partial charge in [0.15, 0.2) is 0 Å². The van der Waals surface area contributed by atoms with Crippen molar-refractivity contribution in [2.24, 2.45) is 0 Å². The van der Waals surface area contributed by atoms with E-state index in [4.69, 9.17) is 19.7 Å². The summed E-state index contributed by atoms with van der Waals surface area (Å²) in [4.78, 5) is 22.2. The summed E-state index contributed by atoms with van der Waals surface area (Å²) < 4.78 is 37.9. The summed E-state index contributed by atoms with van der Waals surface area (Å²) >= 11 is 0. The first-order valence-electron chi connectivity index (χ1n) is 10.6. The number of hydrogen-bond donors (Lipinski definition) is 2. The van der Waals surface area contributed by atoms with Crippen molar-refractivity contribution in [2.75, 3.05) is 6.54 Å². The standard InChI is InChI=1S/C22H27NO3.C2HF3O2/c1-3-20-15-23(13-18-6-4-5-7-21(18)26-20)14-19-12-17(9-8-16(19)2)10-11-22(24)25;3-2(4,5)1(6)7/h4-9,12,20H,3,10-11,13-15H2,1-2H3,(H,24,25);(H,6,7)/t20-;/m1./s1. The molecule has 0 bridgehead atoms. The van der Waals surface area contributed by atoms with Crippen LogP contribution in [0.1, 0.15) is 42.0 Å². The van der Waals surface area contributed by atoms with Gasteiger partial charge < -0.3 is 14.9 Å². The molecule has 6 nitrogen and oxygen atoms in total. The van der Waals surface area contributed by atoms with E-state index in [1.165, 1.54) is 16.7 Å². The van der Waals surface area contributed by atoms with Crippen LogP contribution in [0.15, 0.2) is 42.5 Å². The van der Waals surface area contributed by atoms with E-state index in [1.54, 1.807) is 0 Å². The minimum atomic E-state index is -5.08. The summed E-state index contributed by atoms with van der Waals surface area (Å²) in [5.74, 6) is -2.51. The molecular formula is C24H28F3NO5. The maximum Gasteiger partial charge on any atom is 0.490 e. The first-order valence-corrected chi connectivity index (χ1v) is 10.6. The summed E-state index contributed by atoms with van der Waals surface area (Å²) in [6, 6.07) is 14.6. The number of para-hydroxylation sites is 1. The number of rotatable bonds is 6. The van der Waals surface area contributed by atoms with Crippen LogP contribution in [0.4, 0.5) is 13.2 Å². The Hall–Kier alpha value is -3.07. The number of carbonyl (C=O) groups is 2. The van der Waals surface area contributed by atoms with Gasteiger partial charge in [-0.1, -0.05) is 43.3 Å². The average Bonchev–Trinajstić information content (AvgIpc) is 2.92. The Bertz CT molecular complexity index is 961. The van der Waals surface area contributed by atoms with Crippen molar-refractivity contribution in [1.82, 2.24) is 4.90 Å². The second-order valence-electron chi connectivity index (χ2n) is 7.88. The van der Waals surface area contributed by atoms with Crippen LogP contribution in [0.5, 0.6) is 5.75 Å². The summed E-state index contributed by atoms with van der Waals surface area (Å²) in [6.45, 7) is 6.89. The van der Waals surface area contributed by atoms with Gasteiger partial charge >= 0.3 is 18.1 Å². The zero-order valence-electron chi connectivity index (χ0n) is 18.6. The van der Waals surface area contributed by atoms with E-state index in [2.05, 4.69) is 49.1 Å². The molecule has 1 aliphatic heterocycles. The van der Waals surface area contributed by atoms with Crippen molar-refractivity contribution in [1.29, 1.82) is 0 Å². The van der Waals surface area contributed by atoms with Crippen LogP contribution in [-0.2, 0) is 29.1 Å². The fourth-order valence-electron chi connectivity index (χ4n) is 3.44. The Kier molecular flexibility index (Phi) is 9.28. The Morgan fingerprint density at radius 2 is 1.82 bits per heavy atom. The molecule has 0 spiro atoms. The molecule has 1 atom stereocenters. The van der Waals surface area contributed by atoms with Gasteiger partial charge in [-0.25, -0.2) is 4.79 Å². The van der Waals surface area contributed by atoms with Crippen molar-refractivity contribution >= 4 is 11.9 Å². The highest BCUT2D eigenvalue weighted by Gasteiger charge is 2.38. The first-order chi connectivity index (χ1) is 15.5. The second-order valence-corrected chi connectivity index (χ2v) is 7.88. The molecule has 2 N–H and O–H groups in total. The van der Waals surface area contributed by atoms with Crippen molar-refractivity contribution in [3.8, 4) is 5.75 Å². The fraction of sp³-hybridized carbons (Fsp3) is 0.417. The third-order valence-electron chi connectivity index (χ3n) is 5.25. The van der Waals surface area contributed by atoms with Crippen LogP contribution in [-0.4, -0.2) is 45.9 Å². The molecule has 0 aliphatic carbocycles. The molecule has 0 fully saturated rings. The summed E-state index contributed by atoms with van der Waals surface area (Å²) in [7, 11) is 0. The number of alkyl halides is 3. The van der Waals surface area contributed by atoms with Gasteiger partial charge in [-0.3, -0.25) is 9.69 Å². The minimum absolute atomic E-state index is 0.172. The number of hydrogen-bond acceptors (Lipinski definition) is 4. The summed E-state index contributed by atoms with van der Waals surface area (Å²) in [6.07, 6.45) is -3.17. The lowest BCUT2D eigenvalue weighted by molar-refractivity contribution is -0.192. The molecule has 2 aromatic rings. The predicted molar refractivity (Wildman–Crippen MR) is 116 cm³/mol. The van der Waals surface area contributed by atoms with E-state index in [9.17, 15) is 18.0 Å². The molecular weight excluding hydrogens is 439 g/mol. The quantitative estimate of drug-likeness (QED) is 0.634. The number of ether oxygens (including phenoxy) is 1. The zero-order chi connectivity index (χ0) is 24.6. The molecule has 3 rings (SSSR count). The topological polar surface area (TPSA) is 87.1 Å². The molecule has 1 aliphatic rings. The number of halogens is 3. The van der Waals surface area contributed by atoms with Crippen LogP contribution in [0.2, 0.25) is 0 Å². The van der Waals surface area contributed by atoms with Crippen LogP contribution < -0.4 is 4.74 Å². The molecule has 0 radical (unpaired) electrons. The van der Waals surface area contributed by atoms with Gasteiger partial charge in [0.25, 0.3) is 0 Å². The molecule has 0 saturated carbocycles. The van der Waals surface area contributed by atoms with Crippen LogP contribution in [0.3, 0.4) is 0 Å². The summed E-state index contributed by atoms with van der Waals surface area (Å²) in [5, 5.41) is 16.0. The van der Waals surface area contributed by atoms with Crippen LogP contribution in [0.25, 0.3) is 0 Å². The average molecular weight is 467 g/mol. The third-order valence-corrected chi connectivity index (χ3v) is 5.25. The Balaban J connectivity index is 0.000000479. The molecule has 33 heavy (non-hydrogen) atoms. The number of carboxylic acids is 2. The van der Waals surface area contributed by atoms with Crippen molar-refractivity contribution in [2.45, 2.75) is 58.5 Å². The van der Waals surface area contributed by atoms with Crippen molar-refractivity contribution in [3.63, 3.8) is 0 Å². The second kappa shape index (κ2) is 11.7. The number of benzene rings is 2. The maximum absolute atomic E-state index is 10.8. The fourth-order valence-corrected chi connectivity index (χ4v) is 3.44. The van der Waals surface area contributed by atoms with E-state index in [0.717, 1.165) is 37.4 Å². The lowest BCUT2D eigenvalue weighted by Gasteiger charge is -2.24. The smallest absolute Gasteiger partial charge is 0.489 e. The molecule has 2 aromatic carbocycles. The van der Waals surface area contributed by atoms with Gasteiger partial charge in [-0.15, -0.1) is 0 Å². The molecule has 0 aromatic heterocycles. The molecule has 0 unspecified atom stereocenters. The predicted octanol–water partition coefficient (Wildman–Crippen LogP) is 4.82. The van der Waals surface area contributed by atoms with Crippen LogP contribution in [0, 0.1) is 6.92 Å². The van der Waals surface area contributed by atoms with E-state index in [1.807, 2.05) is 12.1 Å². The Labute approximate surface area is 190 Å². The van der Waals surface area contributed by atoms with E-state index < -0.39 is 18.1 Å². The van der Waals surface area contributed by atoms with Crippen molar-refractivity contribution in [3.05, 3.63) is 64.7 Å². The van der Waals surface area contributed by atoms with E-state index >= 15 is 0 Å². The molecule has 0 saturated heterocycles. The highest BCUT2D eigenvalue weighted by molar-refractivity contribution is 5.73. The number of nitrogens with zero attached hydrogens (tertiary/aromatic N) is 1. The Morgan fingerprint density at radius 1 is 1.15 bits per heavy atom. The van der Waals surface area contributed by atoms with E-state index in [-0.39, 0.29) is 12.5 Å². The normalized spacial score (nSPS) is 16.0. The van der Waals surface area contributed by atoms with Gasteiger partial charge in [0, 0.05) is 31.6 Å². The highest BCUT2D eigenvalue weighted by Crippen LogP contribution is 2.27. The largest absolute Gasteiger partial charge is 0.490 e. The van der Waals surface area contributed by atoms with Gasteiger partial charge in [0.2, 0.25) is 0 Å². The SMILES string of the molecule is CC[C@@H]1CN(Cc2cc(CCC(=O)O)ccc2C)Cc2ccccc2O1.O=C(O)C(F)(F)F. The van der Waals surface area contributed by atoms with Gasteiger partial charge in [-0.2, -0.15) is 13.2 Å². The molecule has 180 valence electrons.